The molecule has 0 aliphatic carbocycles. The third kappa shape index (κ3) is 3.80. The van der Waals surface area contributed by atoms with Gasteiger partial charge in [0, 0.05) is 35.3 Å². The molecule has 122 valence electrons. The van der Waals surface area contributed by atoms with Gasteiger partial charge < -0.3 is 15.0 Å². The zero-order valence-electron chi connectivity index (χ0n) is 13.6. The average Bonchev–Trinajstić information content (AvgIpc) is 3.05. The van der Waals surface area contributed by atoms with Crippen molar-refractivity contribution in [2.75, 3.05) is 20.2 Å². The Balaban J connectivity index is 1.86. The molecule has 1 N–H and O–H groups in total. The predicted octanol–water partition coefficient (Wildman–Crippen LogP) is 2.58. The highest BCUT2D eigenvalue weighted by Gasteiger charge is 2.43. The molecule has 22 heavy (non-hydrogen) atoms. The first-order chi connectivity index (χ1) is 10.3. The lowest BCUT2D eigenvalue weighted by molar-refractivity contribution is -0.150. The van der Waals surface area contributed by atoms with Crippen LogP contribution < -0.4 is 5.32 Å². The Labute approximate surface area is 135 Å². The van der Waals surface area contributed by atoms with Crippen LogP contribution in [0.1, 0.15) is 30.0 Å². The summed E-state index contributed by atoms with van der Waals surface area (Å²) in [6.07, 6.45) is 1.47. The molecular formula is C16H24N2O3S. The molecule has 1 aliphatic heterocycles. The third-order valence-electron chi connectivity index (χ3n) is 4.11. The Hall–Kier alpha value is -1.56. The number of amides is 2. The second kappa shape index (κ2) is 6.69. The van der Waals surface area contributed by atoms with Crippen molar-refractivity contribution in [3.63, 3.8) is 0 Å². The van der Waals surface area contributed by atoms with Crippen LogP contribution in [0.4, 0.5) is 4.79 Å². The van der Waals surface area contributed by atoms with Crippen molar-refractivity contribution >= 4 is 23.3 Å². The normalized spacial score (nSPS) is 22.5. The van der Waals surface area contributed by atoms with E-state index in [0.717, 1.165) is 6.42 Å². The summed E-state index contributed by atoms with van der Waals surface area (Å²) in [4.78, 5) is 28.4. The maximum atomic E-state index is 12.3. The highest BCUT2D eigenvalue weighted by atomic mass is 32.1. The molecule has 2 heterocycles. The first-order valence-corrected chi connectivity index (χ1v) is 8.35. The summed E-state index contributed by atoms with van der Waals surface area (Å²) >= 11 is 1.76. The minimum absolute atomic E-state index is 0.0653. The molecule has 2 amide bonds. The number of rotatable bonds is 4. The Morgan fingerprint density at radius 3 is 2.82 bits per heavy atom. The second-order valence-electron chi connectivity index (χ2n) is 6.29. The number of carbonyl (C=O) groups is 2. The highest BCUT2D eigenvalue weighted by molar-refractivity contribution is 7.11. The number of hydrogen-bond donors (Lipinski definition) is 1. The van der Waals surface area contributed by atoms with E-state index in [-0.39, 0.29) is 18.0 Å². The van der Waals surface area contributed by atoms with Gasteiger partial charge in [-0.25, -0.2) is 4.79 Å². The van der Waals surface area contributed by atoms with Crippen LogP contribution in [0, 0.1) is 12.3 Å². The molecule has 2 rings (SSSR count). The number of ether oxygens (including phenoxy) is 1. The monoisotopic (exact) mass is 324 g/mol. The fourth-order valence-corrected chi connectivity index (χ4v) is 3.82. The number of nitrogens with zero attached hydrogens (tertiary/aromatic N) is 1. The van der Waals surface area contributed by atoms with Crippen molar-refractivity contribution in [1.82, 2.24) is 10.2 Å². The fourth-order valence-electron chi connectivity index (χ4n) is 2.80. The second-order valence-corrected chi connectivity index (χ2v) is 7.66. The summed E-state index contributed by atoms with van der Waals surface area (Å²) < 4.78 is 4.83. The number of aryl methyl sites for hydroxylation is 1. The summed E-state index contributed by atoms with van der Waals surface area (Å²) in [6, 6.07) is 4.16. The first kappa shape index (κ1) is 16.8. The van der Waals surface area contributed by atoms with Crippen molar-refractivity contribution in [1.29, 1.82) is 0 Å². The number of esters is 1. The van der Waals surface area contributed by atoms with E-state index in [1.54, 1.807) is 16.2 Å². The molecule has 0 unspecified atom stereocenters. The van der Waals surface area contributed by atoms with Crippen LogP contribution in [0.25, 0.3) is 0 Å². The van der Waals surface area contributed by atoms with E-state index in [9.17, 15) is 9.59 Å². The Morgan fingerprint density at radius 1 is 1.50 bits per heavy atom. The lowest BCUT2D eigenvalue weighted by atomic mass is 9.90. The zero-order chi connectivity index (χ0) is 16.3. The Bertz CT molecular complexity index is 557. The zero-order valence-corrected chi connectivity index (χ0v) is 14.5. The van der Waals surface area contributed by atoms with Gasteiger partial charge in [0.1, 0.15) is 0 Å². The standard InChI is InChI=1S/C16H24N2O3S/c1-11(9-13-6-5-12(2)22-13)17-15(20)18-8-7-16(3,10-18)14(19)21-4/h5-6,11H,7-10H2,1-4H3,(H,17,20)/t11-,16+/m1/s1. The van der Waals surface area contributed by atoms with Gasteiger partial charge in [-0.1, -0.05) is 0 Å². The van der Waals surface area contributed by atoms with Crippen molar-refractivity contribution in [2.45, 2.75) is 39.7 Å². The maximum Gasteiger partial charge on any atom is 0.317 e. The van der Waals surface area contributed by atoms with Gasteiger partial charge in [0.2, 0.25) is 0 Å². The summed E-state index contributed by atoms with van der Waals surface area (Å²) in [5, 5.41) is 3.02. The van der Waals surface area contributed by atoms with Crippen molar-refractivity contribution in [3.05, 3.63) is 21.9 Å². The van der Waals surface area contributed by atoms with Crippen LogP contribution >= 0.6 is 11.3 Å². The van der Waals surface area contributed by atoms with E-state index in [0.29, 0.717) is 19.5 Å². The molecule has 0 aromatic carbocycles. The van der Waals surface area contributed by atoms with Gasteiger partial charge in [0.05, 0.1) is 12.5 Å². The van der Waals surface area contributed by atoms with Crippen molar-refractivity contribution in [3.8, 4) is 0 Å². The first-order valence-electron chi connectivity index (χ1n) is 7.53. The summed E-state index contributed by atoms with van der Waals surface area (Å²) in [5.41, 5.74) is -0.583. The quantitative estimate of drug-likeness (QED) is 0.866. The highest BCUT2D eigenvalue weighted by Crippen LogP contribution is 2.31. The number of likely N-dealkylation sites (tertiary alicyclic amines) is 1. The van der Waals surface area contributed by atoms with Gasteiger partial charge in [-0.2, -0.15) is 0 Å². The number of urea groups is 1. The summed E-state index contributed by atoms with van der Waals surface area (Å²) in [5.74, 6) is -0.245. The molecule has 1 saturated heterocycles. The van der Waals surface area contributed by atoms with Crippen molar-refractivity contribution in [2.24, 2.45) is 5.41 Å². The van der Waals surface area contributed by atoms with Gasteiger partial charge >= 0.3 is 12.0 Å². The lowest BCUT2D eigenvalue weighted by Crippen LogP contribution is -2.45. The van der Waals surface area contributed by atoms with Gasteiger partial charge in [-0.3, -0.25) is 4.79 Å². The van der Waals surface area contributed by atoms with E-state index in [1.165, 1.54) is 16.9 Å². The van der Waals surface area contributed by atoms with Gasteiger partial charge in [0.15, 0.2) is 0 Å². The number of hydrogen-bond acceptors (Lipinski definition) is 4. The van der Waals surface area contributed by atoms with Crippen LogP contribution in [0.3, 0.4) is 0 Å². The van der Waals surface area contributed by atoms with Crippen LogP contribution in [0.15, 0.2) is 12.1 Å². The SMILES string of the molecule is COC(=O)[C@@]1(C)CCN(C(=O)N[C@H](C)Cc2ccc(C)s2)C1. The minimum atomic E-state index is -0.583. The minimum Gasteiger partial charge on any atom is -0.469 e. The Kier molecular flexibility index (Phi) is 5.11. The molecule has 5 nitrogen and oxygen atoms in total. The molecule has 1 aromatic rings. The molecule has 2 atom stereocenters. The molecular weight excluding hydrogens is 300 g/mol. The summed E-state index contributed by atoms with van der Waals surface area (Å²) in [7, 11) is 1.39. The molecule has 1 fully saturated rings. The third-order valence-corrected chi connectivity index (χ3v) is 5.13. The topological polar surface area (TPSA) is 58.6 Å². The number of carbonyl (C=O) groups excluding carboxylic acids is 2. The summed E-state index contributed by atoms with van der Waals surface area (Å²) in [6.45, 7) is 6.93. The van der Waals surface area contributed by atoms with Gasteiger partial charge in [-0.15, -0.1) is 11.3 Å². The van der Waals surface area contributed by atoms with E-state index in [4.69, 9.17) is 4.74 Å². The lowest BCUT2D eigenvalue weighted by Gasteiger charge is -2.23. The molecule has 0 bridgehead atoms. The van der Waals surface area contributed by atoms with Crippen molar-refractivity contribution < 1.29 is 14.3 Å². The molecule has 0 radical (unpaired) electrons. The number of methoxy groups -OCH3 is 1. The molecule has 1 aliphatic rings. The average molecular weight is 324 g/mol. The molecule has 0 saturated carbocycles. The van der Waals surface area contributed by atoms with Crippen LogP contribution in [0.2, 0.25) is 0 Å². The van der Waals surface area contributed by atoms with E-state index >= 15 is 0 Å². The van der Waals surface area contributed by atoms with Crippen LogP contribution in [-0.4, -0.2) is 43.1 Å². The van der Waals surface area contributed by atoms with Gasteiger partial charge in [0.25, 0.3) is 0 Å². The van der Waals surface area contributed by atoms with E-state index in [2.05, 4.69) is 24.4 Å². The molecule has 1 aromatic heterocycles. The van der Waals surface area contributed by atoms with Crippen LogP contribution in [-0.2, 0) is 16.0 Å². The van der Waals surface area contributed by atoms with E-state index in [1.807, 2.05) is 13.8 Å². The van der Waals surface area contributed by atoms with Gasteiger partial charge in [-0.05, 0) is 39.3 Å². The van der Waals surface area contributed by atoms with Crippen LogP contribution in [0.5, 0.6) is 0 Å². The predicted molar refractivity (Wildman–Crippen MR) is 87.1 cm³/mol. The number of thiophene rings is 1. The largest absolute Gasteiger partial charge is 0.469 e. The Morgan fingerprint density at radius 2 is 2.23 bits per heavy atom. The number of nitrogens with one attached hydrogen (secondary N) is 1. The fraction of sp³-hybridized carbons (Fsp3) is 0.625. The molecule has 0 spiro atoms. The smallest absolute Gasteiger partial charge is 0.317 e. The maximum absolute atomic E-state index is 12.3. The van der Waals surface area contributed by atoms with E-state index < -0.39 is 5.41 Å². The molecule has 6 heteroatoms.